The Bertz CT molecular complexity index is 1550. The number of carbonyl (C=O) groups excluding carboxylic acids is 2. The van der Waals surface area contributed by atoms with Gasteiger partial charge in [0.2, 0.25) is 3.60 Å². The second-order valence-corrected chi connectivity index (χ2v) is 11.9. The van der Waals surface area contributed by atoms with E-state index in [1.807, 2.05) is 13.8 Å². The molecule has 2 aromatic carbocycles. The fraction of sp³-hybridized carbons (Fsp3) is 0.222. The molecule has 0 saturated carbocycles. The summed E-state index contributed by atoms with van der Waals surface area (Å²) in [5.41, 5.74) is 4.69. The number of nitrogens with two attached hydrogens (primary N) is 1. The largest absolute Gasteiger partial charge is 0.573 e. The molecule has 0 aliphatic carbocycles. The van der Waals surface area contributed by atoms with Gasteiger partial charge in [-0.3, -0.25) is 14.6 Å². The molecule has 0 aliphatic rings. The van der Waals surface area contributed by atoms with Crippen molar-refractivity contribution >= 4 is 55.4 Å². The molecule has 3 aromatic rings. The van der Waals surface area contributed by atoms with E-state index in [1.54, 1.807) is 0 Å². The van der Waals surface area contributed by atoms with Crippen molar-refractivity contribution in [1.29, 1.82) is 0 Å². The highest BCUT2D eigenvalue weighted by molar-refractivity contribution is 8.16. The minimum atomic E-state index is -5.02. The molecular weight excluding hydrogens is 619 g/mol. The van der Waals surface area contributed by atoms with Gasteiger partial charge < -0.3 is 25.3 Å². The summed E-state index contributed by atoms with van der Waals surface area (Å²) in [5.74, 6) is 1.32. The van der Waals surface area contributed by atoms with Gasteiger partial charge in [-0.25, -0.2) is 4.39 Å². The number of anilines is 1. The van der Waals surface area contributed by atoms with E-state index in [0.29, 0.717) is 6.42 Å². The van der Waals surface area contributed by atoms with Gasteiger partial charge in [0.05, 0.1) is 0 Å². The van der Waals surface area contributed by atoms with Crippen LogP contribution in [0.2, 0.25) is 0 Å². The van der Waals surface area contributed by atoms with Crippen LogP contribution < -0.4 is 25.3 Å². The van der Waals surface area contributed by atoms with E-state index in [4.69, 9.17) is 15.2 Å². The molecule has 1 aromatic heterocycles. The third kappa shape index (κ3) is 9.97. The first-order valence-electron chi connectivity index (χ1n) is 11.8. The summed E-state index contributed by atoms with van der Waals surface area (Å²) in [6.45, 7) is 3.89. The van der Waals surface area contributed by atoms with Crippen molar-refractivity contribution in [2.75, 3.05) is 5.32 Å². The standard InChI is InChI=1S/C27H23F4N3O5S3/c1-14(2)4-3-5-15-10-18(28)23(25(36)34-16-8-9-33-19(12-16)24(32)35)22(11-15)37-20-7-6-17(38-26(29,30)31)13-21(20)39-27(40,41)42/h6-14,40-42H,4H2,1-2H3,(H2,32,35)(H,33,34,36). The van der Waals surface area contributed by atoms with E-state index in [1.165, 1.54) is 24.4 Å². The second kappa shape index (κ2) is 13.5. The van der Waals surface area contributed by atoms with Crippen LogP contribution >= 0.6 is 37.9 Å². The number of halogens is 4. The molecule has 2 amide bonds. The highest BCUT2D eigenvalue weighted by Crippen LogP contribution is 2.42. The maximum absolute atomic E-state index is 15.5. The van der Waals surface area contributed by atoms with Crippen LogP contribution in [0.1, 0.15) is 46.7 Å². The molecule has 3 N–H and O–H groups in total. The number of benzene rings is 2. The van der Waals surface area contributed by atoms with Crippen LogP contribution in [0, 0.1) is 23.6 Å². The first kappa shape index (κ1) is 32.8. The van der Waals surface area contributed by atoms with Crippen molar-refractivity contribution in [2.24, 2.45) is 11.7 Å². The fourth-order valence-electron chi connectivity index (χ4n) is 3.26. The average molecular weight is 642 g/mol. The smallest absolute Gasteiger partial charge is 0.455 e. The lowest BCUT2D eigenvalue weighted by molar-refractivity contribution is -0.274. The molecule has 15 heteroatoms. The quantitative estimate of drug-likeness (QED) is 0.0796. The third-order valence-electron chi connectivity index (χ3n) is 4.91. The average Bonchev–Trinajstić information content (AvgIpc) is 2.83. The summed E-state index contributed by atoms with van der Waals surface area (Å²) in [6, 6.07) is 7.59. The lowest BCUT2D eigenvalue weighted by atomic mass is 10.1. The van der Waals surface area contributed by atoms with Crippen molar-refractivity contribution in [3.05, 3.63) is 71.3 Å². The number of nitrogens with zero attached hydrogens (tertiary/aromatic N) is 1. The van der Waals surface area contributed by atoms with Gasteiger partial charge in [-0.05, 0) is 42.3 Å². The van der Waals surface area contributed by atoms with Crippen LogP contribution in [0.4, 0.5) is 23.2 Å². The van der Waals surface area contributed by atoms with E-state index in [2.05, 4.69) is 64.8 Å². The Labute approximate surface area is 254 Å². The Hall–Kier alpha value is -3.74. The summed E-state index contributed by atoms with van der Waals surface area (Å²) in [4.78, 5) is 28.5. The zero-order valence-electron chi connectivity index (χ0n) is 21.8. The number of hydrogen-bond acceptors (Lipinski definition) is 9. The fourth-order valence-corrected chi connectivity index (χ4v) is 3.56. The molecule has 0 fully saturated rings. The first-order valence-corrected chi connectivity index (χ1v) is 13.2. The molecule has 3 rings (SSSR count). The lowest BCUT2D eigenvalue weighted by Crippen LogP contribution is -2.18. The van der Waals surface area contributed by atoms with Gasteiger partial charge in [0.25, 0.3) is 11.8 Å². The predicted molar refractivity (Wildman–Crippen MR) is 157 cm³/mol. The van der Waals surface area contributed by atoms with Crippen LogP contribution in [0.25, 0.3) is 0 Å². The van der Waals surface area contributed by atoms with Gasteiger partial charge in [-0.2, -0.15) is 0 Å². The van der Waals surface area contributed by atoms with Crippen LogP contribution in [0.15, 0.2) is 48.7 Å². The van der Waals surface area contributed by atoms with Crippen LogP contribution in [0.5, 0.6) is 23.0 Å². The molecule has 0 bridgehead atoms. The Morgan fingerprint density at radius 3 is 2.36 bits per heavy atom. The topological polar surface area (TPSA) is 113 Å². The van der Waals surface area contributed by atoms with Crippen molar-refractivity contribution < 1.29 is 41.4 Å². The third-order valence-corrected chi connectivity index (χ3v) is 5.18. The minimum Gasteiger partial charge on any atom is -0.455 e. The summed E-state index contributed by atoms with van der Waals surface area (Å²) in [5, 5.41) is 2.43. The van der Waals surface area contributed by atoms with Gasteiger partial charge in [-0.15, -0.1) is 51.1 Å². The molecule has 0 radical (unpaired) electrons. The maximum atomic E-state index is 15.5. The molecule has 42 heavy (non-hydrogen) atoms. The van der Waals surface area contributed by atoms with E-state index < -0.39 is 38.9 Å². The van der Waals surface area contributed by atoms with Gasteiger partial charge in [0.1, 0.15) is 28.6 Å². The molecule has 0 aliphatic heterocycles. The Morgan fingerprint density at radius 1 is 1.02 bits per heavy atom. The normalized spacial score (nSPS) is 11.4. The molecule has 8 nitrogen and oxygen atoms in total. The number of rotatable bonds is 9. The van der Waals surface area contributed by atoms with Crippen LogP contribution in [-0.4, -0.2) is 26.8 Å². The van der Waals surface area contributed by atoms with Gasteiger partial charge >= 0.3 is 6.36 Å². The number of amides is 2. The number of hydrogen-bond donors (Lipinski definition) is 5. The van der Waals surface area contributed by atoms with E-state index in [9.17, 15) is 22.8 Å². The summed E-state index contributed by atoms with van der Waals surface area (Å²) in [7, 11) is 0. The van der Waals surface area contributed by atoms with Gasteiger partial charge in [0, 0.05) is 29.9 Å². The van der Waals surface area contributed by atoms with Gasteiger partial charge in [-0.1, -0.05) is 25.7 Å². The molecule has 0 spiro atoms. The number of alkyl halides is 3. The van der Waals surface area contributed by atoms with Crippen molar-refractivity contribution in [1.82, 2.24) is 4.98 Å². The highest BCUT2D eigenvalue weighted by atomic mass is 32.2. The zero-order valence-corrected chi connectivity index (χ0v) is 24.5. The summed E-state index contributed by atoms with van der Waals surface area (Å²) >= 11 is 12.0. The summed E-state index contributed by atoms with van der Waals surface area (Å²) < 4.78 is 67.3. The Balaban J connectivity index is 2.11. The minimum absolute atomic E-state index is 0.0673. The van der Waals surface area contributed by atoms with Crippen LogP contribution in [0.3, 0.4) is 0 Å². The summed E-state index contributed by atoms with van der Waals surface area (Å²) in [6.07, 6.45) is -3.31. The van der Waals surface area contributed by atoms with E-state index in [0.717, 1.165) is 24.3 Å². The maximum Gasteiger partial charge on any atom is 0.573 e. The molecule has 0 unspecified atom stereocenters. The number of carbonyl (C=O) groups is 2. The van der Waals surface area contributed by atoms with Crippen molar-refractivity contribution in [3.8, 4) is 34.8 Å². The van der Waals surface area contributed by atoms with Crippen molar-refractivity contribution in [2.45, 2.75) is 30.2 Å². The zero-order chi connectivity index (χ0) is 31.2. The first-order chi connectivity index (χ1) is 19.5. The molecular formula is C27H23F4N3O5S3. The number of pyridine rings is 1. The van der Waals surface area contributed by atoms with E-state index >= 15 is 4.39 Å². The number of nitrogens with one attached hydrogen (secondary N) is 1. The second-order valence-electron chi connectivity index (χ2n) is 8.91. The Kier molecular flexibility index (Phi) is 10.5. The number of ether oxygens (including phenoxy) is 3. The van der Waals surface area contributed by atoms with Gasteiger partial charge in [0.15, 0.2) is 11.5 Å². The molecule has 0 saturated heterocycles. The SMILES string of the molecule is CC(C)CC#Cc1cc(F)c(C(=O)Nc2ccnc(C(N)=O)c2)c(Oc2ccc(OC(F)(F)F)cc2OC(S)(S)S)c1. The van der Waals surface area contributed by atoms with Crippen LogP contribution in [-0.2, 0) is 0 Å². The predicted octanol–water partition coefficient (Wildman–Crippen LogP) is 6.44. The number of aromatic nitrogens is 1. The number of primary amides is 1. The molecule has 1 heterocycles. The number of thiol groups is 3. The molecule has 0 atom stereocenters. The lowest BCUT2D eigenvalue weighted by Gasteiger charge is -2.22. The van der Waals surface area contributed by atoms with E-state index in [-0.39, 0.29) is 40.1 Å². The van der Waals surface area contributed by atoms with Crippen molar-refractivity contribution in [3.63, 3.8) is 0 Å². The highest BCUT2D eigenvalue weighted by Gasteiger charge is 2.32. The Morgan fingerprint density at radius 2 is 1.74 bits per heavy atom. The molecule has 222 valence electrons. The monoisotopic (exact) mass is 641 g/mol.